The highest BCUT2D eigenvalue weighted by atomic mass is 16.4. The minimum absolute atomic E-state index is 0.0534. The Kier molecular flexibility index (Phi) is 3.86. The molecule has 6 heteroatoms. The Morgan fingerprint density at radius 1 is 1.33 bits per heavy atom. The Labute approximate surface area is 105 Å². The Morgan fingerprint density at radius 2 is 2.06 bits per heavy atom. The topological polar surface area (TPSA) is 89.9 Å². The smallest absolute Gasteiger partial charge is 0.318 e. The van der Waals surface area contributed by atoms with Gasteiger partial charge in [0.25, 0.3) is 0 Å². The molecule has 2 amide bonds. The van der Waals surface area contributed by atoms with Crippen LogP contribution in [-0.2, 0) is 4.79 Å². The predicted molar refractivity (Wildman–Crippen MR) is 64.0 cm³/mol. The number of aliphatic hydroxyl groups excluding tert-OH is 1. The molecule has 18 heavy (non-hydrogen) atoms. The molecule has 0 aliphatic heterocycles. The lowest BCUT2D eigenvalue weighted by atomic mass is 10.1. The van der Waals surface area contributed by atoms with Gasteiger partial charge in [-0.25, -0.2) is 4.79 Å². The highest BCUT2D eigenvalue weighted by Crippen LogP contribution is 2.27. The third kappa shape index (κ3) is 3.01. The van der Waals surface area contributed by atoms with Crippen molar-refractivity contribution in [2.75, 3.05) is 13.2 Å². The van der Waals surface area contributed by atoms with Gasteiger partial charge in [0.2, 0.25) is 0 Å². The number of nitrogens with one attached hydrogen (secondary N) is 1. The van der Waals surface area contributed by atoms with Gasteiger partial charge in [0.15, 0.2) is 0 Å². The van der Waals surface area contributed by atoms with E-state index in [1.807, 2.05) is 0 Å². The monoisotopic (exact) mass is 254 g/mol. The standard InChI is InChI=1S/C12H18N2O4/c15-6-5-14(10-3-4-10)12(18)13-9-2-1-8(7-9)11(16)17/h1-2,8-10,15H,3-7H2,(H,13,18)(H,16,17). The molecule has 0 bridgehead atoms. The molecular weight excluding hydrogens is 236 g/mol. The maximum absolute atomic E-state index is 12.0. The molecule has 0 radical (unpaired) electrons. The second kappa shape index (κ2) is 5.39. The number of carboxylic acid groups (broad SMARTS) is 1. The summed E-state index contributed by atoms with van der Waals surface area (Å²) < 4.78 is 0. The van der Waals surface area contributed by atoms with Gasteiger partial charge in [-0.15, -0.1) is 0 Å². The second-order valence-corrected chi connectivity index (χ2v) is 4.77. The van der Waals surface area contributed by atoms with E-state index in [9.17, 15) is 9.59 Å². The summed E-state index contributed by atoms with van der Waals surface area (Å²) in [5.74, 6) is -1.38. The van der Waals surface area contributed by atoms with E-state index in [0.29, 0.717) is 13.0 Å². The van der Waals surface area contributed by atoms with Gasteiger partial charge in [0.1, 0.15) is 0 Å². The number of amides is 2. The molecule has 3 N–H and O–H groups in total. The average Bonchev–Trinajstić information content (AvgIpc) is 3.05. The van der Waals surface area contributed by atoms with E-state index in [4.69, 9.17) is 10.2 Å². The minimum atomic E-state index is -0.864. The molecule has 2 unspecified atom stereocenters. The molecule has 0 aromatic carbocycles. The fourth-order valence-corrected chi connectivity index (χ4v) is 2.17. The zero-order valence-electron chi connectivity index (χ0n) is 10.1. The first-order valence-electron chi connectivity index (χ1n) is 6.21. The van der Waals surface area contributed by atoms with Crippen molar-refractivity contribution >= 4 is 12.0 Å². The highest BCUT2D eigenvalue weighted by molar-refractivity contribution is 5.77. The number of aliphatic hydroxyl groups is 1. The van der Waals surface area contributed by atoms with E-state index in [-0.39, 0.29) is 24.7 Å². The Morgan fingerprint density at radius 3 is 2.56 bits per heavy atom. The lowest BCUT2D eigenvalue weighted by Crippen LogP contribution is -2.46. The molecular formula is C12H18N2O4. The van der Waals surface area contributed by atoms with E-state index < -0.39 is 11.9 Å². The van der Waals surface area contributed by atoms with Crippen LogP contribution in [0.25, 0.3) is 0 Å². The van der Waals surface area contributed by atoms with Crippen LogP contribution in [0.4, 0.5) is 4.79 Å². The lowest BCUT2D eigenvalue weighted by Gasteiger charge is -2.23. The maximum Gasteiger partial charge on any atom is 0.318 e. The average molecular weight is 254 g/mol. The van der Waals surface area contributed by atoms with Crippen molar-refractivity contribution in [2.24, 2.45) is 5.92 Å². The van der Waals surface area contributed by atoms with Crippen LogP contribution in [0.3, 0.4) is 0 Å². The summed E-state index contributed by atoms with van der Waals surface area (Å²) in [4.78, 5) is 24.4. The van der Waals surface area contributed by atoms with E-state index in [0.717, 1.165) is 12.8 Å². The molecule has 0 saturated heterocycles. The molecule has 1 saturated carbocycles. The fourth-order valence-electron chi connectivity index (χ4n) is 2.17. The predicted octanol–water partition coefficient (Wildman–Crippen LogP) is 0.182. The van der Waals surface area contributed by atoms with Crippen LogP contribution in [0.15, 0.2) is 12.2 Å². The van der Waals surface area contributed by atoms with Crippen molar-refractivity contribution < 1.29 is 19.8 Å². The van der Waals surface area contributed by atoms with Crippen LogP contribution in [0.5, 0.6) is 0 Å². The molecule has 0 heterocycles. The fraction of sp³-hybridized carbons (Fsp3) is 0.667. The number of urea groups is 1. The van der Waals surface area contributed by atoms with Gasteiger partial charge in [-0.3, -0.25) is 4.79 Å². The maximum atomic E-state index is 12.0. The van der Waals surface area contributed by atoms with Crippen LogP contribution in [-0.4, -0.2) is 52.3 Å². The van der Waals surface area contributed by atoms with Crippen molar-refractivity contribution in [1.29, 1.82) is 0 Å². The van der Waals surface area contributed by atoms with Crippen molar-refractivity contribution in [2.45, 2.75) is 31.3 Å². The molecule has 0 spiro atoms. The first kappa shape index (κ1) is 12.9. The van der Waals surface area contributed by atoms with E-state index in [1.54, 1.807) is 17.1 Å². The van der Waals surface area contributed by atoms with Gasteiger partial charge in [-0.1, -0.05) is 12.2 Å². The van der Waals surface area contributed by atoms with Crippen LogP contribution in [0.2, 0.25) is 0 Å². The summed E-state index contributed by atoms with van der Waals surface area (Å²) >= 11 is 0. The van der Waals surface area contributed by atoms with Crippen molar-refractivity contribution in [1.82, 2.24) is 10.2 Å². The highest BCUT2D eigenvalue weighted by Gasteiger charge is 2.33. The van der Waals surface area contributed by atoms with E-state index in [1.165, 1.54) is 0 Å². The number of hydrogen-bond donors (Lipinski definition) is 3. The van der Waals surface area contributed by atoms with Gasteiger partial charge in [-0.05, 0) is 19.3 Å². The number of carbonyl (C=O) groups excluding carboxylic acids is 1. The summed E-state index contributed by atoms with van der Waals surface area (Å²) in [5, 5.41) is 20.6. The number of hydrogen-bond acceptors (Lipinski definition) is 3. The third-order valence-corrected chi connectivity index (χ3v) is 3.30. The summed E-state index contributed by atoms with van der Waals surface area (Å²) in [7, 11) is 0. The number of carboxylic acids is 1. The van der Waals surface area contributed by atoms with Crippen molar-refractivity contribution in [3.8, 4) is 0 Å². The number of rotatable bonds is 5. The number of aliphatic carboxylic acids is 1. The molecule has 1 fully saturated rings. The van der Waals surface area contributed by atoms with E-state index >= 15 is 0 Å². The van der Waals surface area contributed by atoms with Crippen LogP contribution in [0, 0.1) is 5.92 Å². The summed E-state index contributed by atoms with van der Waals surface area (Å²) in [5.41, 5.74) is 0. The zero-order valence-corrected chi connectivity index (χ0v) is 10.1. The van der Waals surface area contributed by atoms with Crippen LogP contribution < -0.4 is 5.32 Å². The van der Waals surface area contributed by atoms with Gasteiger partial charge < -0.3 is 20.4 Å². The first-order valence-corrected chi connectivity index (χ1v) is 6.21. The van der Waals surface area contributed by atoms with Crippen LogP contribution in [0.1, 0.15) is 19.3 Å². The molecule has 2 aliphatic rings. The lowest BCUT2D eigenvalue weighted by molar-refractivity contribution is -0.140. The normalized spacial score (nSPS) is 26.1. The second-order valence-electron chi connectivity index (χ2n) is 4.77. The molecule has 100 valence electrons. The number of nitrogens with zero attached hydrogens (tertiary/aromatic N) is 1. The number of carbonyl (C=O) groups is 2. The summed E-state index contributed by atoms with van der Waals surface area (Å²) in [6.07, 6.45) is 5.69. The van der Waals surface area contributed by atoms with Gasteiger partial charge in [0, 0.05) is 12.6 Å². The van der Waals surface area contributed by atoms with Crippen molar-refractivity contribution in [3.63, 3.8) is 0 Å². The first-order chi connectivity index (χ1) is 8.61. The zero-order chi connectivity index (χ0) is 13.1. The van der Waals surface area contributed by atoms with Crippen molar-refractivity contribution in [3.05, 3.63) is 12.2 Å². The quantitative estimate of drug-likeness (QED) is 0.611. The molecule has 2 rings (SSSR count). The molecule has 0 aromatic rings. The molecule has 6 nitrogen and oxygen atoms in total. The summed E-state index contributed by atoms with van der Waals surface area (Å²) in [6.45, 7) is 0.275. The minimum Gasteiger partial charge on any atom is -0.481 e. The SMILES string of the molecule is O=C(O)C1C=CC(NC(=O)N(CCO)C2CC2)C1. The molecule has 2 aliphatic carbocycles. The van der Waals surface area contributed by atoms with Gasteiger partial charge in [0.05, 0.1) is 18.6 Å². The summed E-state index contributed by atoms with van der Waals surface area (Å²) in [6, 6.07) is -0.205. The Bertz CT molecular complexity index is 365. The molecule has 0 aromatic heterocycles. The van der Waals surface area contributed by atoms with Gasteiger partial charge in [-0.2, -0.15) is 0 Å². The van der Waals surface area contributed by atoms with E-state index in [2.05, 4.69) is 5.32 Å². The Hall–Kier alpha value is -1.56. The third-order valence-electron chi connectivity index (χ3n) is 3.30. The molecule has 2 atom stereocenters. The largest absolute Gasteiger partial charge is 0.481 e. The van der Waals surface area contributed by atoms with Crippen LogP contribution >= 0.6 is 0 Å². The Balaban J connectivity index is 1.84. The van der Waals surface area contributed by atoms with Gasteiger partial charge >= 0.3 is 12.0 Å².